The average molecular weight is 291 g/mol. The van der Waals surface area contributed by atoms with E-state index in [9.17, 15) is 8.42 Å². The highest BCUT2D eigenvalue weighted by Crippen LogP contribution is 2.20. The predicted molar refractivity (Wildman–Crippen MR) is 79.6 cm³/mol. The van der Waals surface area contributed by atoms with Gasteiger partial charge in [0.15, 0.2) is 9.84 Å². The summed E-state index contributed by atoms with van der Waals surface area (Å²) in [6, 6.07) is 7.61. The lowest BCUT2D eigenvalue weighted by atomic mass is 10.2. The zero-order valence-electron chi connectivity index (χ0n) is 11.3. The van der Waals surface area contributed by atoms with Crippen LogP contribution in [0.3, 0.4) is 0 Å². The van der Waals surface area contributed by atoms with Crippen LogP contribution in [-0.4, -0.2) is 35.9 Å². The maximum absolute atomic E-state index is 11.7. The topological polar surface area (TPSA) is 72.0 Å². The molecule has 5 nitrogen and oxygen atoms in total. The summed E-state index contributed by atoms with van der Waals surface area (Å²) in [4.78, 5) is 9.05. The Labute approximate surface area is 118 Å². The van der Waals surface area contributed by atoms with Gasteiger partial charge in [-0.05, 0) is 31.9 Å². The molecule has 1 aliphatic rings. The molecule has 0 bridgehead atoms. The second-order valence-corrected chi connectivity index (χ2v) is 7.47. The first-order chi connectivity index (χ1) is 9.53. The molecule has 1 aromatic heterocycles. The Hall–Kier alpha value is -1.69. The zero-order chi connectivity index (χ0) is 14.2. The van der Waals surface area contributed by atoms with Gasteiger partial charge in [-0.25, -0.2) is 18.4 Å². The number of sulfone groups is 1. The molecule has 0 saturated carbocycles. The Morgan fingerprint density at radius 3 is 2.60 bits per heavy atom. The monoisotopic (exact) mass is 291 g/mol. The first kappa shape index (κ1) is 13.3. The van der Waals surface area contributed by atoms with Crippen LogP contribution in [0, 0.1) is 6.92 Å². The van der Waals surface area contributed by atoms with Crippen molar-refractivity contribution in [2.75, 3.05) is 16.8 Å². The predicted octanol–water partition coefficient (Wildman–Crippen LogP) is 1.93. The molecule has 2 heterocycles. The molecule has 1 saturated heterocycles. The Balaban J connectivity index is 1.89. The number of rotatable bonds is 2. The number of benzene rings is 1. The van der Waals surface area contributed by atoms with Crippen LogP contribution in [0.1, 0.15) is 18.5 Å². The fraction of sp³-hybridized carbons (Fsp3) is 0.429. The van der Waals surface area contributed by atoms with E-state index in [4.69, 9.17) is 0 Å². The number of fused-ring (bicyclic) bond motifs is 1. The van der Waals surface area contributed by atoms with Crippen LogP contribution in [0.15, 0.2) is 24.3 Å². The molecular formula is C14H17N3O2S. The fourth-order valence-corrected chi connectivity index (χ4v) is 4.19. The van der Waals surface area contributed by atoms with Crippen LogP contribution in [-0.2, 0) is 9.84 Å². The Kier molecular flexibility index (Phi) is 3.33. The summed E-state index contributed by atoms with van der Waals surface area (Å²) in [5, 5.41) is 3.24. The number of aromatic nitrogens is 2. The van der Waals surface area contributed by atoms with Crippen molar-refractivity contribution in [1.29, 1.82) is 0 Å². The van der Waals surface area contributed by atoms with Gasteiger partial charge in [0.2, 0.25) is 0 Å². The van der Waals surface area contributed by atoms with Gasteiger partial charge in [-0.2, -0.15) is 0 Å². The van der Waals surface area contributed by atoms with Crippen molar-refractivity contribution in [2.45, 2.75) is 25.8 Å². The minimum atomic E-state index is -2.92. The summed E-state index contributed by atoms with van der Waals surface area (Å²) < 4.78 is 23.3. The quantitative estimate of drug-likeness (QED) is 0.915. The van der Waals surface area contributed by atoms with E-state index in [2.05, 4.69) is 15.3 Å². The Bertz CT molecular complexity index is 743. The second kappa shape index (κ2) is 5.01. The van der Waals surface area contributed by atoms with E-state index in [1.165, 1.54) is 0 Å². The summed E-state index contributed by atoms with van der Waals surface area (Å²) in [6.07, 6.45) is 1.56. The molecule has 0 amide bonds. The molecular weight excluding hydrogens is 274 g/mol. The van der Waals surface area contributed by atoms with Crippen molar-refractivity contribution in [2.24, 2.45) is 0 Å². The van der Waals surface area contributed by atoms with Gasteiger partial charge in [0, 0.05) is 6.04 Å². The van der Waals surface area contributed by atoms with E-state index in [1.807, 2.05) is 31.2 Å². The highest BCUT2D eigenvalue weighted by atomic mass is 32.2. The molecule has 2 aromatic rings. The molecule has 1 aliphatic heterocycles. The first-order valence-corrected chi connectivity index (χ1v) is 8.56. The van der Waals surface area contributed by atoms with Crippen molar-refractivity contribution in [3.63, 3.8) is 0 Å². The van der Waals surface area contributed by atoms with Gasteiger partial charge < -0.3 is 5.32 Å². The van der Waals surface area contributed by atoms with E-state index in [1.54, 1.807) is 0 Å². The third-order valence-electron chi connectivity index (χ3n) is 3.55. The molecule has 1 aromatic carbocycles. The lowest BCUT2D eigenvalue weighted by molar-refractivity contribution is 0.561. The molecule has 20 heavy (non-hydrogen) atoms. The summed E-state index contributed by atoms with van der Waals surface area (Å²) in [6.45, 7) is 1.89. The third kappa shape index (κ3) is 2.75. The maximum atomic E-state index is 11.7. The summed E-state index contributed by atoms with van der Waals surface area (Å²) in [5.41, 5.74) is 2.47. The zero-order valence-corrected chi connectivity index (χ0v) is 12.2. The third-order valence-corrected chi connectivity index (χ3v) is 5.37. The molecule has 1 fully saturated rings. The molecule has 0 radical (unpaired) electrons. The molecule has 6 heteroatoms. The minimum absolute atomic E-state index is 0.0667. The van der Waals surface area contributed by atoms with Gasteiger partial charge in [-0.3, -0.25) is 0 Å². The average Bonchev–Trinajstić information content (AvgIpc) is 2.38. The maximum Gasteiger partial charge on any atom is 0.152 e. The Morgan fingerprint density at radius 1 is 1.20 bits per heavy atom. The van der Waals surface area contributed by atoms with Crippen LogP contribution < -0.4 is 5.32 Å². The second-order valence-electron chi connectivity index (χ2n) is 5.24. The Morgan fingerprint density at radius 2 is 1.90 bits per heavy atom. The van der Waals surface area contributed by atoms with E-state index in [-0.39, 0.29) is 11.8 Å². The lowest BCUT2D eigenvalue weighted by Gasteiger charge is -2.24. The first-order valence-electron chi connectivity index (χ1n) is 6.74. The van der Waals surface area contributed by atoms with Crippen molar-refractivity contribution in [3.05, 3.63) is 30.0 Å². The van der Waals surface area contributed by atoms with Gasteiger partial charge in [0.1, 0.15) is 5.82 Å². The van der Waals surface area contributed by atoms with Crippen LogP contribution in [0.5, 0.6) is 0 Å². The largest absolute Gasteiger partial charge is 0.365 e. The van der Waals surface area contributed by atoms with Gasteiger partial charge in [-0.15, -0.1) is 0 Å². The van der Waals surface area contributed by atoms with Gasteiger partial charge in [0.25, 0.3) is 0 Å². The van der Waals surface area contributed by atoms with Crippen molar-refractivity contribution >= 4 is 26.7 Å². The van der Waals surface area contributed by atoms with Crippen molar-refractivity contribution in [1.82, 2.24) is 9.97 Å². The standard InChI is InChI=1S/C14H17N3O2S/c1-10-14(16-11-5-4-8-20(18,19)9-11)17-13-7-3-2-6-12(13)15-10/h2-3,6-7,11H,4-5,8-9H2,1H3,(H,16,17). The van der Waals surface area contributed by atoms with Crippen LogP contribution in [0.25, 0.3) is 11.0 Å². The molecule has 1 atom stereocenters. The number of para-hydroxylation sites is 2. The number of hydrogen-bond acceptors (Lipinski definition) is 5. The van der Waals surface area contributed by atoms with Crippen LogP contribution >= 0.6 is 0 Å². The number of nitrogens with one attached hydrogen (secondary N) is 1. The SMILES string of the molecule is Cc1nc2ccccc2nc1NC1CCCS(=O)(=O)C1. The van der Waals surface area contributed by atoms with E-state index in [0.717, 1.165) is 23.1 Å². The molecule has 0 aliphatic carbocycles. The molecule has 1 N–H and O–H groups in total. The number of nitrogens with zero attached hydrogens (tertiary/aromatic N) is 2. The van der Waals surface area contributed by atoms with E-state index >= 15 is 0 Å². The highest BCUT2D eigenvalue weighted by molar-refractivity contribution is 7.91. The van der Waals surface area contributed by atoms with Crippen molar-refractivity contribution in [3.8, 4) is 0 Å². The summed E-state index contributed by atoms with van der Waals surface area (Å²) in [7, 11) is -2.92. The van der Waals surface area contributed by atoms with Gasteiger partial charge in [-0.1, -0.05) is 12.1 Å². The fourth-order valence-electron chi connectivity index (χ4n) is 2.55. The molecule has 106 valence electrons. The summed E-state index contributed by atoms with van der Waals surface area (Å²) >= 11 is 0. The van der Waals surface area contributed by atoms with Crippen LogP contribution in [0.4, 0.5) is 5.82 Å². The highest BCUT2D eigenvalue weighted by Gasteiger charge is 2.25. The number of hydrogen-bond donors (Lipinski definition) is 1. The van der Waals surface area contributed by atoms with Gasteiger partial charge >= 0.3 is 0 Å². The normalized spacial score (nSPS) is 21.8. The number of anilines is 1. The molecule has 0 spiro atoms. The minimum Gasteiger partial charge on any atom is -0.365 e. The van der Waals surface area contributed by atoms with E-state index < -0.39 is 9.84 Å². The van der Waals surface area contributed by atoms with E-state index in [0.29, 0.717) is 18.0 Å². The molecule has 1 unspecified atom stereocenters. The van der Waals surface area contributed by atoms with Crippen LogP contribution in [0.2, 0.25) is 0 Å². The number of aryl methyl sites for hydroxylation is 1. The lowest BCUT2D eigenvalue weighted by Crippen LogP contribution is -2.35. The van der Waals surface area contributed by atoms with Crippen molar-refractivity contribution < 1.29 is 8.42 Å². The molecule has 3 rings (SSSR count). The smallest absolute Gasteiger partial charge is 0.152 e. The van der Waals surface area contributed by atoms with Gasteiger partial charge in [0.05, 0.1) is 28.2 Å². The summed E-state index contributed by atoms with van der Waals surface area (Å²) in [5.74, 6) is 1.17.